The number of carbonyl (C=O) groups is 4. The van der Waals surface area contributed by atoms with Gasteiger partial charge in [-0.25, -0.2) is 8.78 Å². The third kappa shape index (κ3) is 8.12. The summed E-state index contributed by atoms with van der Waals surface area (Å²) < 4.78 is 41.9. The summed E-state index contributed by atoms with van der Waals surface area (Å²) in [4.78, 5) is 57.1. The Balaban J connectivity index is 1.36. The van der Waals surface area contributed by atoms with Crippen molar-refractivity contribution in [3.8, 4) is 0 Å². The van der Waals surface area contributed by atoms with Crippen molar-refractivity contribution >= 4 is 29.3 Å². The van der Waals surface area contributed by atoms with E-state index in [1.54, 1.807) is 18.7 Å². The van der Waals surface area contributed by atoms with Crippen LogP contribution in [-0.4, -0.2) is 97.1 Å². The van der Waals surface area contributed by atoms with E-state index >= 15 is 8.78 Å². The summed E-state index contributed by atoms with van der Waals surface area (Å²) in [5.41, 5.74) is -0.408. The number of anilines is 1. The van der Waals surface area contributed by atoms with Crippen molar-refractivity contribution in [2.75, 3.05) is 51.8 Å². The van der Waals surface area contributed by atoms with Crippen molar-refractivity contribution in [1.29, 1.82) is 0 Å². The third-order valence-corrected chi connectivity index (χ3v) is 10.4. The van der Waals surface area contributed by atoms with Gasteiger partial charge < -0.3 is 35.0 Å². The molecule has 2 saturated heterocycles. The number of halogens is 2. The first-order valence-electron chi connectivity index (χ1n) is 17.2. The Hall–Kier alpha value is -3.91. The SMILES string of the molecule is CCC(=O)N[C@@H](C(=O)N1CCN(C)CC1)[C@@H](C)c1cc(F)c(NC(=O)[C@@H](NC(=O)c2conc2C2(C)COC2)[C@H]2CC[C@H](C)CC2)c(F)c1. The van der Waals surface area contributed by atoms with Crippen LogP contribution in [0, 0.1) is 23.5 Å². The second-order valence-corrected chi connectivity index (χ2v) is 14.3. The number of nitrogens with one attached hydrogen (secondary N) is 3. The van der Waals surface area contributed by atoms with Crippen LogP contribution in [0.2, 0.25) is 0 Å². The van der Waals surface area contributed by atoms with Gasteiger partial charge in [0.2, 0.25) is 17.7 Å². The highest BCUT2D eigenvalue weighted by Gasteiger charge is 2.42. The van der Waals surface area contributed by atoms with Crippen LogP contribution >= 0.6 is 0 Å². The van der Waals surface area contributed by atoms with Crippen molar-refractivity contribution in [3.63, 3.8) is 0 Å². The number of piperazine rings is 1. The van der Waals surface area contributed by atoms with E-state index in [1.165, 1.54) is 6.26 Å². The molecule has 1 aromatic heterocycles. The lowest BCUT2D eigenvalue weighted by Crippen LogP contribution is -2.55. The van der Waals surface area contributed by atoms with Crippen molar-refractivity contribution in [2.24, 2.45) is 11.8 Å². The van der Waals surface area contributed by atoms with E-state index in [1.807, 2.05) is 14.0 Å². The second kappa shape index (κ2) is 15.3. The molecular weight excluding hydrogens is 638 g/mol. The number of hydrogen-bond acceptors (Lipinski definition) is 8. The van der Waals surface area contributed by atoms with Gasteiger partial charge in [-0.05, 0) is 56.3 Å². The number of nitrogens with zero attached hydrogens (tertiary/aromatic N) is 3. The Labute approximate surface area is 285 Å². The highest BCUT2D eigenvalue weighted by molar-refractivity contribution is 6.02. The van der Waals surface area contributed by atoms with E-state index in [4.69, 9.17) is 9.26 Å². The molecule has 1 aromatic carbocycles. The maximum absolute atomic E-state index is 15.7. The Morgan fingerprint density at radius 1 is 1.02 bits per heavy atom. The molecule has 3 heterocycles. The Kier molecular flexibility index (Phi) is 11.4. The Morgan fingerprint density at radius 3 is 2.22 bits per heavy atom. The summed E-state index contributed by atoms with van der Waals surface area (Å²) in [6, 6.07) is 0.0265. The van der Waals surface area contributed by atoms with Gasteiger partial charge in [-0.3, -0.25) is 19.2 Å². The molecule has 12 nitrogen and oxygen atoms in total. The maximum Gasteiger partial charge on any atom is 0.257 e. The first-order chi connectivity index (χ1) is 23.3. The van der Waals surface area contributed by atoms with Crippen LogP contribution in [0.5, 0.6) is 0 Å². The number of ether oxygens (including phenoxy) is 1. The van der Waals surface area contributed by atoms with Crippen LogP contribution < -0.4 is 16.0 Å². The number of benzene rings is 1. The van der Waals surface area contributed by atoms with Crippen LogP contribution in [0.25, 0.3) is 0 Å². The van der Waals surface area contributed by atoms with Gasteiger partial charge in [-0.1, -0.05) is 38.8 Å². The summed E-state index contributed by atoms with van der Waals surface area (Å²) in [6.07, 6.45) is 4.35. The van der Waals surface area contributed by atoms with Gasteiger partial charge in [-0.2, -0.15) is 0 Å². The predicted molar refractivity (Wildman–Crippen MR) is 177 cm³/mol. The first kappa shape index (κ1) is 36.4. The molecule has 268 valence electrons. The summed E-state index contributed by atoms with van der Waals surface area (Å²) in [5.74, 6) is -4.67. The first-order valence-corrected chi connectivity index (χ1v) is 17.2. The number of hydrogen-bond donors (Lipinski definition) is 3. The summed E-state index contributed by atoms with van der Waals surface area (Å²) in [5, 5.41) is 12.0. The fourth-order valence-corrected chi connectivity index (χ4v) is 6.88. The number of amides is 4. The molecule has 0 bridgehead atoms. The summed E-state index contributed by atoms with van der Waals surface area (Å²) in [6.45, 7) is 10.3. The number of carbonyl (C=O) groups excluding carboxylic acids is 4. The van der Waals surface area contributed by atoms with Gasteiger partial charge in [0.15, 0.2) is 0 Å². The van der Waals surface area contributed by atoms with Gasteiger partial charge in [0, 0.05) is 38.5 Å². The smallest absolute Gasteiger partial charge is 0.257 e. The largest absolute Gasteiger partial charge is 0.379 e. The molecule has 1 aliphatic carbocycles. The molecule has 3 N–H and O–H groups in total. The average Bonchev–Trinajstić information content (AvgIpc) is 3.57. The lowest BCUT2D eigenvalue weighted by molar-refractivity contribution is -0.138. The lowest BCUT2D eigenvalue weighted by Gasteiger charge is -2.37. The normalized spacial score (nSPS) is 22.7. The molecule has 5 rings (SSSR count). The zero-order chi connectivity index (χ0) is 35.5. The highest BCUT2D eigenvalue weighted by Crippen LogP contribution is 2.35. The van der Waals surface area contributed by atoms with Crippen LogP contribution in [0.1, 0.15) is 87.3 Å². The minimum absolute atomic E-state index is 0.136. The number of aromatic nitrogens is 1. The van der Waals surface area contributed by atoms with E-state index in [2.05, 4.69) is 32.9 Å². The van der Waals surface area contributed by atoms with Crippen molar-refractivity contribution < 1.29 is 37.2 Å². The van der Waals surface area contributed by atoms with Gasteiger partial charge in [0.05, 0.1) is 18.6 Å². The van der Waals surface area contributed by atoms with Crippen molar-refractivity contribution in [2.45, 2.75) is 83.2 Å². The summed E-state index contributed by atoms with van der Waals surface area (Å²) in [7, 11) is 1.96. The van der Waals surface area contributed by atoms with E-state index in [0.29, 0.717) is 63.8 Å². The minimum atomic E-state index is -1.08. The minimum Gasteiger partial charge on any atom is -0.379 e. The third-order valence-electron chi connectivity index (χ3n) is 10.4. The van der Waals surface area contributed by atoms with E-state index in [-0.39, 0.29) is 35.3 Å². The van der Waals surface area contributed by atoms with Crippen LogP contribution in [0.4, 0.5) is 14.5 Å². The zero-order valence-electron chi connectivity index (χ0n) is 28.9. The fourth-order valence-electron chi connectivity index (χ4n) is 6.88. The standard InChI is InChI=1S/C35H48F2N6O6/c1-6-27(44)38-28(34(47)43-13-11-42(5)12-14-43)21(3)23-15-25(36)30(26(37)16-23)40-33(46)29(22-9-7-20(2)8-10-22)39-32(45)24-17-49-41-31(24)35(4)18-48-19-35/h15-17,20-22,28-29H,6-14,18-19H2,1-5H3,(H,38,44)(H,39,45)(H,40,46)/t20-,21-,22-,28+,29-/m0/s1. The lowest BCUT2D eigenvalue weighted by atomic mass is 9.78. The maximum atomic E-state index is 15.7. The van der Waals surface area contributed by atoms with E-state index in [9.17, 15) is 19.2 Å². The van der Waals surface area contributed by atoms with Gasteiger partial charge in [0.1, 0.15) is 46.9 Å². The van der Waals surface area contributed by atoms with Crippen molar-refractivity contribution in [3.05, 3.63) is 46.9 Å². The van der Waals surface area contributed by atoms with Crippen LogP contribution in [0.15, 0.2) is 22.9 Å². The Bertz CT molecular complexity index is 1510. The fraction of sp³-hybridized carbons (Fsp3) is 0.629. The number of rotatable bonds is 11. The molecule has 49 heavy (non-hydrogen) atoms. The molecule has 3 fully saturated rings. The highest BCUT2D eigenvalue weighted by atomic mass is 19.1. The molecule has 2 aromatic rings. The van der Waals surface area contributed by atoms with Crippen LogP contribution in [-0.2, 0) is 24.5 Å². The molecule has 2 aliphatic heterocycles. The molecule has 4 amide bonds. The zero-order valence-corrected chi connectivity index (χ0v) is 28.9. The molecule has 0 spiro atoms. The van der Waals surface area contributed by atoms with Crippen LogP contribution in [0.3, 0.4) is 0 Å². The quantitative estimate of drug-likeness (QED) is 0.325. The molecule has 3 aliphatic rings. The van der Waals surface area contributed by atoms with Gasteiger partial charge >= 0.3 is 0 Å². The van der Waals surface area contributed by atoms with E-state index < -0.39 is 52.6 Å². The topological polar surface area (TPSA) is 146 Å². The molecule has 0 unspecified atom stereocenters. The average molecular weight is 687 g/mol. The predicted octanol–water partition coefficient (Wildman–Crippen LogP) is 3.58. The molecule has 3 atom stereocenters. The molecular formula is C35H48F2N6O6. The molecule has 0 radical (unpaired) electrons. The Morgan fingerprint density at radius 2 is 1.65 bits per heavy atom. The van der Waals surface area contributed by atoms with Gasteiger partial charge in [0.25, 0.3) is 5.91 Å². The van der Waals surface area contributed by atoms with E-state index in [0.717, 1.165) is 25.0 Å². The molecule has 14 heteroatoms. The monoisotopic (exact) mass is 686 g/mol. The second-order valence-electron chi connectivity index (χ2n) is 14.3. The summed E-state index contributed by atoms with van der Waals surface area (Å²) >= 11 is 0. The molecule has 1 saturated carbocycles. The van der Waals surface area contributed by atoms with Crippen molar-refractivity contribution in [1.82, 2.24) is 25.6 Å². The van der Waals surface area contributed by atoms with Gasteiger partial charge in [-0.15, -0.1) is 0 Å². The number of likely N-dealkylation sites (N-methyl/N-ethyl adjacent to an activating group) is 1.